The number of aliphatic hydroxyl groups is 11. The van der Waals surface area contributed by atoms with Gasteiger partial charge < -0.3 is 89.9 Å². The smallest absolute Gasteiger partial charge is 0.220 e. The van der Waals surface area contributed by atoms with Gasteiger partial charge in [-0.2, -0.15) is 0 Å². The molecule has 17 unspecified atom stereocenters. The molecule has 12 N–H and O–H groups in total. The molecule has 17 atom stereocenters. The topological polar surface area (TPSA) is 307 Å². The van der Waals surface area contributed by atoms with Gasteiger partial charge in [0.05, 0.1) is 38.6 Å². The fraction of sp³-hybridized carbons (Fsp3) is 0.712. The fourth-order valence-corrected chi connectivity index (χ4v) is 7.95. The van der Waals surface area contributed by atoms with Crippen LogP contribution in [0.4, 0.5) is 0 Å². The molecular formula is C52H85NO18. The van der Waals surface area contributed by atoms with E-state index in [9.17, 15) is 61.0 Å². The Balaban J connectivity index is 1.49. The third kappa shape index (κ3) is 21.8. The molecule has 19 heteroatoms. The molecule has 0 saturated carbocycles. The molecule has 0 radical (unpaired) electrons. The second-order valence-electron chi connectivity index (χ2n) is 17.9. The summed E-state index contributed by atoms with van der Waals surface area (Å²) in [5, 5.41) is 119. The SMILES string of the molecule is CC/C=C\C/C=C\C/C=C\C/C=C\C/C=C\C/C=C\CCCCC(=O)NC(COC1OC(CO)C(OC2OC(CO)C(OC3OC(CO)C(O)C(O)C3O)C(O)C2O)C(O)C1O)C(O)/C=C/CCCCC. The van der Waals surface area contributed by atoms with Gasteiger partial charge in [0.25, 0.3) is 0 Å². The highest BCUT2D eigenvalue weighted by Gasteiger charge is 2.53. The van der Waals surface area contributed by atoms with Crippen LogP contribution in [-0.2, 0) is 33.2 Å². The summed E-state index contributed by atoms with van der Waals surface area (Å²) in [5.74, 6) is -0.332. The highest BCUT2D eigenvalue weighted by Crippen LogP contribution is 2.33. The van der Waals surface area contributed by atoms with Crippen LogP contribution in [-0.4, -0.2) is 193 Å². The van der Waals surface area contributed by atoms with Crippen LogP contribution in [0.15, 0.2) is 85.1 Å². The average Bonchev–Trinajstić information content (AvgIpc) is 3.36. The minimum absolute atomic E-state index is 0.181. The van der Waals surface area contributed by atoms with Gasteiger partial charge in [-0.1, -0.05) is 112 Å². The van der Waals surface area contributed by atoms with Crippen molar-refractivity contribution in [3.8, 4) is 0 Å². The first-order valence-electron chi connectivity index (χ1n) is 25.3. The number of carbonyl (C=O) groups excluding carboxylic acids is 1. The Morgan fingerprint density at radius 3 is 1.46 bits per heavy atom. The van der Waals surface area contributed by atoms with E-state index in [1.807, 2.05) is 6.08 Å². The Labute approximate surface area is 419 Å². The largest absolute Gasteiger partial charge is 0.394 e. The zero-order valence-electron chi connectivity index (χ0n) is 41.4. The number of nitrogens with one attached hydrogen (secondary N) is 1. The summed E-state index contributed by atoms with van der Waals surface area (Å²) < 4.78 is 33.9. The van der Waals surface area contributed by atoms with Crippen molar-refractivity contribution in [3.63, 3.8) is 0 Å². The molecule has 3 rings (SSSR count). The lowest BCUT2D eigenvalue weighted by atomic mass is 9.96. The number of rotatable bonds is 33. The van der Waals surface area contributed by atoms with Crippen molar-refractivity contribution in [1.82, 2.24) is 5.32 Å². The number of hydrogen-bond donors (Lipinski definition) is 12. The van der Waals surface area contributed by atoms with E-state index in [1.54, 1.807) is 6.08 Å². The third-order valence-electron chi connectivity index (χ3n) is 12.2. The lowest BCUT2D eigenvalue weighted by molar-refractivity contribution is -0.379. The molecule has 0 bridgehead atoms. The Bertz CT molecular complexity index is 1630. The van der Waals surface area contributed by atoms with Gasteiger partial charge in [-0.25, -0.2) is 0 Å². The monoisotopic (exact) mass is 1010 g/mol. The van der Waals surface area contributed by atoms with E-state index in [4.69, 9.17) is 28.4 Å². The van der Waals surface area contributed by atoms with Crippen LogP contribution in [0.2, 0.25) is 0 Å². The first kappa shape index (κ1) is 62.3. The molecule has 3 fully saturated rings. The van der Waals surface area contributed by atoms with Gasteiger partial charge >= 0.3 is 0 Å². The number of amides is 1. The number of hydrogen-bond acceptors (Lipinski definition) is 18. The van der Waals surface area contributed by atoms with E-state index in [-0.39, 0.29) is 18.9 Å². The van der Waals surface area contributed by atoms with Crippen LogP contribution in [0.3, 0.4) is 0 Å². The van der Waals surface area contributed by atoms with E-state index in [2.05, 4.69) is 92.1 Å². The Morgan fingerprint density at radius 2 is 0.958 bits per heavy atom. The van der Waals surface area contributed by atoms with Crippen molar-refractivity contribution in [2.45, 2.75) is 208 Å². The highest BCUT2D eigenvalue weighted by molar-refractivity contribution is 5.76. The van der Waals surface area contributed by atoms with Crippen molar-refractivity contribution < 1.29 is 89.4 Å². The Hall–Kier alpha value is -3.03. The maximum absolute atomic E-state index is 13.1. The van der Waals surface area contributed by atoms with Gasteiger partial charge in [0.2, 0.25) is 5.91 Å². The molecule has 0 aromatic carbocycles. The van der Waals surface area contributed by atoms with Crippen LogP contribution in [0.5, 0.6) is 0 Å². The zero-order valence-corrected chi connectivity index (χ0v) is 41.4. The van der Waals surface area contributed by atoms with E-state index < -0.39 is 124 Å². The molecule has 3 heterocycles. The molecule has 71 heavy (non-hydrogen) atoms. The van der Waals surface area contributed by atoms with Crippen LogP contribution in [0, 0.1) is 0 Å². The van der Waals surface area contributed by atoms with E-state index in [0.29, 0.717) is 12.8 Å². The predicted molar refractivity (Wildman–Crippen MR) is 263 cm³/mol. The van der Waals surface area contributed by atoms with Crippen molar-refractivity contribution in [1.29, 1.82) is 0 Å². The van der Waals surface area contributed by atoms with E-state index in [0.717, 1.165) is 70.6 Å². The number of unbranched alkanes of at least 4 members (excludes halogenated alkanes) is 5. The average molecular weight is 1010 g/mol. The molecule has 19 nitrogen and oxygen atoms in total. The van der Waals surface area contributed by atoms with Crippen LogP contribution < -0.4 is 5.32 Å². The maximum atomic E-state index is 13.1. The van der Waals surface area contributed by atoms with Crippen LogP contribution in [0.25, 0.3) is 0 Å². The van der Waals surface area contributed by atoms with E-state index >= 15 is 0 Å². The molecular weight excluding hydrogens is 927 g/mol. The summed E-state index contributed by atoms with van der Waals surface area (Å²) in [4.78, 5) is 13.1. The zero-order chi connectivity index (χ0) is 52.0. The Kier molecular flexibility index (Phi) is 31.6. The highest BCUT2D eigenvalue weighted by atomic mass is 16.8. The molecule has 3 aliphatic heterocycles. The number of carbonyl (C=O) groups is 1. The second kappa shape index (κ2) is 36.0. The maximum Gasteiger partial charge on any atom is 0.220 e. The van der Waals surface area contributed by atoms with Gasteiger partial charge in [-0.15, -0.1) is 0 Å². The Morgan fingerprint density at radius 1 is 0.521 bits per heavy atom. The van der Waals surface area contributed by atoms with Crippen molar-refractivity contribution in [2.75, 3.05) is 26.4 Å². The first-order valence-corrected chi connectivity index (χ1v) is 25.3. The van der Waals surface area contributed by atoms with Gasteiger partial charge in [-0.3, -0.25) is 4.79 Å². The lowest BCUT2D eigenvalue weighted by Crippen LogP contribution is -2.66. The number of allylic oxidation sites excluding steroid dienone is 13. The standard InChI is InChI=1S/C52H85NO18/c1-3-5-7-9-10-11-12-13-14-15-16-17-18-19-20-21-22-23-24-26-28-30-40(58)53-35(36(57)29-27-25-8-6-4-2)34-66-50-46(64)43(61)48(38(32-55)68-50)71-52-47(65)44(62)49(39(33-56)69-52)70-51-45(63)42(60)41(59)37(31-54)67-51/h5,7,10-11,13-14,16-17,19-20,22-23,27,29,35-39,41-52,54-57,59-65H,3-4,6,8-9,12,15,18,21,24-26,28,30-34H2,1-2H3,(H,53,58)/b7-5-,11-10-,14-13-,17-16-,20-19-,23-22-,29-27+. The molecule has 0 spiro atoms. The summed E-state index contributed by atoms with van der Waals surface area (Å²) in [6.45, 7) is 1.38. The minimum Gasteiger partial charge on any atom is -0.394 e. The van der Waals surface area contributed by atoms with Crippen molar-refractivity contribution >= 4 is 5.91 Å². The van der Waals surface area contributed by atoms with Gasteiger partial charge in [-0.05, 0) is 70.6 Å². The normalized spacial score (nSPS) is 33.0. The predicted octanol–water partition coefficient (Wildman–Crippen LogP) is 1.69. The third-order valence-corrected chi connectivity index (χ3v) is 12.2. The summed E-state index contributed by atoms with van der Waals surface area (Å²) in [6, 6.07) is -0.997. The van der Waals surface area contributed by atoms with Gasteiger partial charge in [0.15, 0.2) is 18.9 Å². The molecule has 0 aromatic rings. The number of ether oxygens (including phenoxy) is 6. The molecule has 406 valence electrons. The molecule has 3 aliphatic rings. The van der Waals surface area contributed by atoms with Crippen molar-refractivity contribution in [2.24, 2.45) is 0 Å². The second-order valence-corrected chi connectivity index (χ2v) is 17.9. The molecule has 3 saturated heterocycles. The summed E-state index contributed by atoms with van der Waals surface area (Å²) >= 11 is 0. The van der Waals surface area contributed by atoms with Crippen LogP contribution >= 0.6 is 0 Å². The van der Waals surface area contributed by atoms with E-state index in [1.165, 1.54) is 0 Å². The van der Waals surface area contributed by atoms with Crippen LogP contribution in [0.1, 0.15) is 104 Å². The number of aliphatic hydroxyl groups excluding tert-OH is 11. The summed E-state index contributed by atoms with van der Waals surface area (Å²) in [7, 11) is 0. The molecule has 1 amide bonds. The lowest BCUT2D eigenvalue weighted by Gasteiger charge is -2.48. The minimum atomic E-state index is -1.98. The fourth-order valence-electron chi connectivity index (χ4n) is 7.95. The quantitative estimate of drug-likeness (QED) is 0.0329. The van der Waals surface area contributed by atoms with Gasteiger partial charge in [0, 0.05) is 6.42 Å². The molecule has 0 aromatic heterocycles. The first-order chi connectivity index (χ1) is 34.3. The van der Waals surface area contributed by atoms with Crippen molar-refractivity contribution in [3.05, 3.63) is 85.1 Å². The summed E-state index contributed by atoms with van der Waals surface area (Å²) in [5.41, 5.74) is 0. The van der Waals surface area contributed by atoms with Gasteiger partial charge in [0.1, 0.15) is 73.2 Å². The summed E-state index contributed by atoms with van der Waals surface area (Å²) in [6.07, 6.45) is 13.7. The molecule has 0 aliphatic carbocycles.